The van der Waals surface area contributed by atoms with Gasteiger partial charge in [-0.25, -0.2) is 4.68 Å². The average molecular weight is 321 g/mol. The minimum Gasteiger partial charge on any atom is -0.376 e. The zero-order valence-electron chi connectivity index (χ0n) is 12.3. The summed E-state index contributed by atoms with van der Waals surface area (Å²) in [6.45, 7) is 3.09. The summed E-state index contributed by atoms with van der Waals surface area (Å²) in [4.78, 5) is 12.2. The van der Waals surface area contributed by atoms with E-state index in [1.165, 1.54) is 0 Å². The molecule has 0 spiro atoms. The summed E-state index contributed by atoms with van der Waals surface area (Å²) in [5.74, 6) is -0.229. The van der Waals surface area contributed by atoms with Crippen molar-refractivity contribution >= 4 is 17.5 Å². The number of benzene rings is 1. The number of nitrogens with zero attached hydrogens (tertiary/aromatic N) is 3. The number of carbonyl (C=O) groups is 1. The molecule has 7 heteroatoms. The SMILES string of the molecule is Cc1c(C(=O)NCC2CCCO2)nnn1-c1ccc(Cl)cc1. The predicted molar refractivity (Wildman–Crippen MR) is 82.4 cm³/mol. The van der Waals surface area contributed by atoms with Crippen LogP contribution >= 0.6 is 11.6 Å². The molecule has 3 rings (SSSR count). The molecule has 1 saturated heterocycles. The molecule has 0 saturated carbocycles. The van der Waals surface area contributed by atoms with E-state index in [9.17, 15) is 4.79 Å². The number of halogens is 1. The van der Waals surface area contributed by atoms with Crippen LogP contribution in [0.25, 0.3) is 5.69 Å². The Morgan fingerprint density at radius 1 is 1.45 bits per heavy atom. The van der Waals surface area contributed by atoms with Crippen LogP contribution in [0.15, 0.2) is 24.3 Å². The lowest BCUT2D eigenvalue weighted by molar-refractivity contribution is 0.0853. The maximum Gasteiger partial charge on any atom is 0.273 e. The first-order valence-electron chi connectivity index (χ1n) is 7.23. The quantitative estimate of drug-likeness (QED) is 0.937. The highest BCUT2D eigenvalue weighted by molar-refractivity contribution is 6.30. The van der Waals surface area contributed by atoms with Gasteiger partial charge in [-0.15, -0.1) is 5.10 Å². The molecule has 0 bridgehead atoms. The summed E-state index contributed by atoms with van der Waals surface area (Å²) in [5, 5.41) is 11.5. The topological polar surface area (TPSA) is 69.0 Å². The van der Waals surface area contributed by atoms with Crippen molar-refractivity contribution in [1.29, 1.82) is 0 Å². The van der Waals surface area contributed by atoms with Gasteiger partial charge in [0.1, 0.15) is 0 Å². The Kier molecular flexibility index (Phi) is 4.40. The largest absolute Gasteiger partial charge is 0.376 e. The van der Waals surface area contributed by atoms with Crippen LogP contribution < -0.4 is 5.32 Å². The minimum absolute atomic E-state index is 0.107. The third-order valence-electron chi connectivity index (χ3n) is 3.70. The first kappa shape index (κ1) is 15.0. The van der Waals surface area contributed by atoms with Crippen LogP contribution in [0, 0.1) is 6.92 Å². The Morgan fingerprint density at radius 3 is 2.91 bits per heavy atom. The predicted octanol–water partition coefficient (Wildman–Crippen LogP) is 2.14. The van der Waals surface area contributed by atoms with Crippen LogP contribution in [0.4, 0.5) is 0 Å². The highest BCUT2D eigenvalue weighted by Gasteiger charge is 2.20. The van der Waals surface area contributed by atoms with E-state index in [4.69, 9.17) is 16.3 Å². The standard InChI is InChI=1S/C15H17ClN4O2/c1-10-14(15(21)17-9-13-3-2-8-22-13)18-19-20(10)12-6-4-11(16)5-7-12/h4-7,13H,2-3,8-9H2,1H3,(H,17,21). The van der Waals surface area contributed by atoms with Crippen molar-refractivity contribution in [2.45, 2.75) is 25.9 Å². The van der Waals surface area contributed by atoms with E-state index in [0.717, 1.165) is 25.1 Å². The van der Waals surface area contributed by atoms with E-state index in [1.807, 2.05) is 19.1 Å². The van der Waals surface area contributed by atoms with Gasteiger partial charge in [0, 0.05) is 18.2 Å². The fourth-order valence-electron chi connectivity index (χ4n) is 2.46. The molecule has 1 unspecified atom stereocenters. The van der Waals surface area contributed by atoms with E-state index in [-0.39, 0.29) is 12.0 Å². The van der Waals surface area contributed by atoms with Gasteiger partial charge in [-0.3, -0.25) is 4.79 Å². The molecular weight excluding hydrogens is 304 g/mol. The fraction of sp³-hybridized carbons (Fsp3) is 0.400. The van der Waals surface area contributed by atoms with Gasteiger partial charge in [0.2, 0.25) is 0 Å². The Labute approximate surface area is 133 Å². The first-order valence-corrected chi connectivity index (χ1v) is 7.61. The second-order valence-corrected chi connectivity index (χ2v) is 5.69. The molecule has 1 atom stereocenters. The summed E-state index contributed by atoms with van der Waals surface area (Å²) in [6, 6.07) is 7.21. The van der Waals surface area contributed by atoms with Crippen LogP contribution in [0.5, 0.6) is 0 Å². The van der Waals surface area contributed by atoms with Crippen molar-refractivity contribution in [2.24, 2.45) is 0 Å². The molecule has 1 fully saturated rings. The summed E-state index contributed by atoms with van der Waals surface area (Å²) in [5.41, 5.74) is 1.83. The van der Waals surface area contributed by atoms with Crippen LogP contribution in [-0.2, 0) is 4.74 Å². The number of carbonyl (C=O) groups excluding carboxylic acids is 1. The maximum atomic E-state index is 12.2. The van der Waals surface area contributed by atoms with Crippen molar-refractivity contribution in [3.63, 3.8) is 0 Å². The molecule has 1 N–H and O–H groups in total. The molecular formula is C15H17ClN4O2. The lowest BCUT2D eigenvalue weighted by atomic mass is 10.2. The Hall–Kier alpha value is -1.92. The number of rotatable bonds is 4. The smallest absolute Gasteiger partial charge is 0.273 e. The van der Waals surface area contributed by atoms with Crippen molar-refractivity contribution in [3.8, 4) is 5.69 Å². The molecule has 1 aliphatic rings. The summed E-state index contributed by atoms with van der Waals surface area (Å²) in [7, 11) is 0. The van der Waals surface area contributed by atoms with Crippen LogP contribution in [0.1, 0.15) is 29.0 Å². The molecule has 1 aromatic carbocycles. The van der Waals surface area contributed by atoms with Crippen molar-refractivity contribution < 1.29 is 9.53 Å². The highest BCUT2D eigenvalue weighted by Crippen LogP contribution is 2.16. The summed E-state index contributed by atoms with van der Waals surface area (Å²) < 4.78 is 7.11. The zero-order chi connectivity index (χ0) is 15.5. The van der Waals surface area contributed by atoms with Gasteiger partial charge in [-0.1, -0.05) is 16.8 Å². The monoisotopic (exact) mass is 320 g/mol. The number of hydrogen-bond donors (Lipinski definition) is 1. The maximum absolute atomic E-state index is 12.2. The van der Waals surface area contributed by atoms with Crippen molar-refractivity contribution in [1.82, 2.24) is 20.3 Å². The number of ether oxygens (including phenoxy) is 1. The van der Waals surface area contributed by atoms with Gasteiger partial charge in [-0.05, 0) is 44.0 Å². The average Bonchev–Trinajstić information content (AvgIpc) is 3.15. The molecule has 0 aliphatic carbocycles. The number of aromatic nitrogens is 3. The number of nitrogens with one attached hydrogen (secondary N) is 1. The third kappa shape index (κ3) is 3.13. The first-order chi connectivity index (χ1) is 10.6. The molecule has 2 heterocycles. The van der Waals surface area contributed by atoms with E-state index < -0.39 is 0 Å². The van der Waals surface area contributed by atoms with Crippen molar-refractivity contribution in [3.05, 3.63) is 40.7 Å². The molecule has 6 nitrogen and oxygen atoms in total. The number of hydrogen-bond acceptors (Lipinski definition) is 4. The van der Waals surface area contributed by atoms with Crippen LogP contribution in [0.2, 0.25) is 5.02 Å². The Bertz CT molecular complexity index is 663. The van der Waals surface area contributed by atoms with Gasteiger partial charge in [0.15, 0.2) is 5.69 Å². The second-order valence-electron chi connectivity index (χ2n) is 5.26. The fourth-order valence-corrected chi connectivity index (χ4v) is 2.59. The van der Waals surface area contributed by atoms with Crippen LogP contribution in [-0.4, -0.2) is 40.2 Å². The van der Waals surface area contributed by atoms with E-state index in [2.05, 4.69) is 15.6 Å². The van der Waals surface area contributed by atoms with E-state index >= 15 is 0 Å². The lowest BCUT2D eigenvalue weighted by Crippen LogP contribution is -2.32. The summed E-state index contributed by atoms with van der Waals surface area (Å²) in [6.07, 6.45) is 2.14. The molecule has 1 amide bonds. The van der Waals surface area contributed by atoms with Gasteiger partial charge in [0.25, 0.3) is 5.91 Å². The van der Waals surface area contributed by atoms with E-state index in [0.29, 0.717) is 23.0 Å². The molecule has 0 radical (unpaired) electrons. The van der Waals surface area contributed by atoms with Gasteiger partial charge >= 0.3 is 0 Å². The summed E-state index contributed by atoms with van der Waals surface area (Å²) >= 11 is 5.88. The zero-order valence-corrected chi connectivity index (χ0v) is 13.0. The molecule has 116 valence electrons. The Morgan fingerprint density at radius 2 is 2.23 bits per heavy atom. The van der Waals surface area contributed by atoms with Crippen molar-refractivity contribution in [2.75, 3.05) is 13.2 Å². The second kappa shape index (κ2) is 6.46. The molecule has 2 aromatic rings. The van der Waals surface area contributed by atoms with Gasteiger partial charge < -0.3 is 10.1 Å². The minimum atomic E-state index is -0.229. The van der Waals surface area contributed by atoms with Crippen LogP contribution in [0.3, 0.4) is 0 Å². The Balaban J connectivity index is 1.72. The molecule has 1 aliphatic heterocycles. The molecule has 22 heavy (non-hydrogen) atoms. The van der Waals surface area contributed by atoms with E-state index in [1.54, 1.807) is 16.8 Å². The normalized spacial score (nSPS) is 17.6. The highest BCUT2D eigenvalue weighted by atomic mass is 35.5. The van der Waals surface area contributed by atoms with Gasteiger partial charge in [-0.2, -0.15) is 0 Å². The lowest BCUT2D eigenvalue weighted by Gasteiger charge is -2.10. The third-order valence-corrected chi connectivity index (χ3v) is 3.95. The molecule has 1 aromatic heterocycles. The number of amides is 1. The van der Waals surface area contributed by atoms with Gasteiger partial charge in [0.05, 0.1) is 17.5 Å².